The predicted octanol–water partition coefficient (Wildman–Crippen LogP) is 4.21. The Morgan fingerprint density at radius 2 is 1.85 bits per heavy atom. The van der Waals surface area contributed by atoms with Crippen molar-refractivity contribution in [1.29, 1.82) is 0 Å². The second kappa shape index (κ2) is 10.7. The van der Waals surface area contributed by atoms with Crippen LogP contribution in [0.25, 0.3) is 5.76 Å². The van der Waals surface area contributed by atoms with Crippen molar-refractivity contribution in [2.24, 2.45) is 0 Å². The van der Waals surface area contributed by atoms with Gasteiger partial charge in [0.05, 0.1) is 23.8 Å². The minimum atomic E-state index is -0.800. The van der Waals surface area contributed by atoms with Gasteiger partial charge in [-0.2, -0.15) is 0 Å². The average molecular weight is 473 g/mol. The molecule has 0 spiro atoms. The fourth-order valence-electron chi connectivity index (χ4n) is 3.82. The van der Waals surface area contributed by atoms with Gasteiger partial charge >= 0.3 is 0 Å². The van der Waals surface area contributed by atoms with Crippen LogP contribution >= 0.6 is 11.6 Å². The van der Waals surface area contributed by atoms with Gasteiger partial charge in [-0.25, -0.2) is 0 Å². The zero-order valence-electron chi connectivity index (χ0n) is 19.0. The Hall–Kier alpha value is -3.03. The molecule has 7 nitrogen and oxygen atoms in total. The molecular weight excluding hydrogens is 444 g/mol. The van der Waals surface area contributed by atoms with Gasteiger partial charge in [0.15, 0.2) is 0 Å². The van der Waals surface area contributed by atoms with E-state index < -0.39 is 23.5 Å². The first kappa shape index (κ1) is 24.6. The number of likely N-dealkylation sites (tertiary alicyclic amines) is 1. The van der Waals surface area contributed by atoms with E-state index in [1.807, 2.05) is 25.9 Å². The third-order valence-corrected chi connectivity index (χ3v) is 5.66. The lowest BCUT2D eigenvalue weighted by Gasteiger charge is -2.26. The van der Waals surface area contributed by atoms with Crippen LogP contribution in [0.3, 0.4) is 0 Å². The predicted molar refractivity (Wildman–Crippen MR) is 128 cm³/mol. The van der Waals surface area contributed by atoms with Gasteiger partial charge in [0.25, 0.3) is 11.7 Å². The molecule has 1 fully saturated rings. The lowest BCUT2D eigenvalue weighted by atomic mass is 9.95. The lowest BCUT2D eigenvalue weighted by Crippen LogP contribution is -2.32. The van der Waals surface area contributed by atoms with Crippen molar-refractivity contribution in [3.63, 3.8) is 0 Å². The first-order chi connectivity index (χ1) is 15.7. The van der Waals surface area contributed by atoms with Crippen LogP contribution in [0, 0.1) is 0 Å². The van der Waals surface area contributed by atoms with Gasteiger partial charge < -0.3 is 24.7 Å². The standard InChI is InChI=1S/C25H29ClN2O5/c1-4-14-33-18-9-6-16(7-10-18)22-21(23(30)19-15-17(26)8-11-20(19)29)24(31)25(32)28(22)13-5-12-27(2)3/h6-11,15,22,29-30H,4-5,12-14H2,1-3H3. The number of benzene rings is 2. The van der Waals surface area contributed by atoms with E-state index in [0.717, 1.165) is 13.0 Å². The van der Waals surface area contributed by atoms with Crippen molar-refractivity contribution in [2.75, 3.05) is 33.8 Å². The summed E-state index contributed by atoms with van der Waals surface area (Å²) in [4.78, 5) is 29.5. The molecule has 3 rings (SSSR count). The lowest BCUT2D eigenvalue weighted by molar-refractivity contribution is -0.139. The van der Waals surface area contributed by atoms with Crippen molar-refractivity contribution in [2.45, 2.75) is 25.8 Å². The van der Waals surface area contributed by atoms with Crippen LogP contribution in [-0.4, -0.2) is 65.5 Å². The van der Waals surface area contributed by atoms with Crippen LogP contribution in [-0.2, 0) is 9.59 Å². The molecule has 1 aliphatic rings. The zero-order valence-corrected chi connectivity index (χ0v) is 19.8. The first-order valence-electron chi connectivity index (χ1n) is 10.9. The minimum absolute atomic E-state index is 0.00157. The van der Waals surface area contributed by atoms with Gasteiger partial charge in [0.2, 0.25) is 0 Å². The molecular formula is C25H29ClN2O5. The largest absolute Gasteiger partial charge is 0.507 e. The zero-order chi connectivity index (χ0) is 24.1. The third kappa shape index (κ3) is 5.49. The summed E-state index contributed by atoms with van der Waals surface area (Å²) in [6.07, 6.45) is 1.52. The summed E-state index contributed by atoms with van der Waals surface area (Å²) in [6, 6.07) is 10.5. The number of rotatable bonds is 9. The number of aliphatic hydroxyl groups excluding tert-OH is 1. The van der Waals surface area contributed by atoms with Crippen molar-refractivity contribution < 1.29 is 24.5 Å². The molecule has 1 saturated heterocycles. The van der Waals surface area contributed by atoms with Crippen LogP contribution in [0.5, 0.6) is 11.5 Å². The maximum atomic E-state index is 13.1. The number of ether oxygens (including phenoxy) is 1. The number of hydrogen-bond acceptors (Lipinski definition) is 6. The van der Waals surface area contributed by atoms with Gasteiger partial charge in [-0.3, -0.25) is 9.59 Å². The Morgan fingerprint density at radius 3 is 2.48 bits per heavy atom. The van der Waals surface area contributed by atoms with Crippen molar-refractivity contribution in [3.05, 3.63) is 64.2 Å². The summed E-state index contributed by atoms with van der Waals surface area (Å²) in [5, 5.41) is 21.6. The summed E-state index contributed by atoms with van der Waals surface area (Å²) in [7, 11) is 3.87. The fraction of sp³-hybridized carbons (Fsp3) is 0.360. The van der Waals surface area contributed by atoms with Crippen molar-refractivity contribution >= 4 is 29.1 Å². The topological polar surface area (TPSA) is 90.3 Å². The summed E-state index contributed by atoms with van der Waals surface area (Å²) in [6.45, 7) is 3.66. The molecule has 1 amide bonds. The van der Waals surface area contributed by atoms with Crippen LogP contribution in [0.15, 0.2) is 48.0 Å². The number of aromatic hydroxyl groups is 1. The molecule has 0 saturated carbocycles. The van der Waals surface area contributed by atoms with E-state index in [1.165, 1.54) is 23.1 Å². The van der Waals surface area contributed by atoms with Crippen molar-refractivity contribution in [1.82, 2.24) is 9.80 Å². The second-order valence-corrected chi connectivity index (χ2v) is 8.66. The number of halogens is 1. The molecule has 0 aromatic heterocycles. The van der Waals surface area contributed by atoms with Gasteiger partial charge in [0, 0.05) is 11.6 Å². The average Bonchev–Trinajstić information content (AvgIpc) is 3.04. The number of carbonyl (C=O) groups is 2. The van der Waals surface area contributed by atoms with E-state index >= 15 is 0 Å². The quantitative estimate of drug-likeness (QED) is 0.323. The molecule has 1 atom stereocenters. The number of amides is 1. The molecule has 8 heteroatoms. The maximum absolute atomic E-state index is 13.1. The van der Waals surface area contributed by atoms with Gasteiger partial charge in [-0.15, -0.1) is 0 Å². The van der Waals surface area contributed by atoms with Crippen LogP contribution in [0.2, 0.25) is 5.02 Å². The number of phenols is 1. The number of phenolic OH excluding ortho intramolecular Hbond substituents is 1. The smallest absolute Gasteiger partial charge is 0.295 e. The second-order valence-electron chi connectivity index (χ2n) is 8.23. The third-order valence-electron chi connectivity index (χ3n) is 5.43. The van der Waals surface area contributed by atoms with Crippen LogP contribution in [0.4, 0.5) is 0 Å². The highest BCUT2D eigenvalue weighted by Gasteiger charge is 2.46. The van der Waals surface area contributed by atoms with Crippen LogP contribution < -0.4 is 4.74 Å². The first-order valence-corrected chi connectivity index (χ1v) is 11.3. The molecule has 2 aromatic carbocycles. The highest BCUT2D eigenvalue weighted by molar-refractivity contribution is 6.46. The molecule has 0 bridgehead atoms. The van der Waals surface area contributed by atoms with Gasteiger partial charge in [-0.1, -0.05) is 30.7 Å². The van der Waals surface area contributed by atoms with E-state index in [-0.39, 0.29) is 21.9 Å². The summed E-state index contributed by atoms with van der Waals surface area (Å²) in [5.74, 6) is -1.50. The van der Waals surface area contributed by atoms with Gasteiger partial charge in [-0.05, 0) is 69.4 Å². The number of nitrogens with zero attached hydrogens (tertiary/aromatic N) is 2. The number of carbonyl (C=O) groups excluding carboxylic acids is 2. The van der Waals surface area contributed by atoms with E-state index in [4.69, 9.17) is 16.3 Å². The number of ketones is 1. The number of Topliss-reactive ketones (excluding diaryl/α,β-unsaturated/α-hetero) is 1. The molecule has 1 heterocycles. The number of aliphatic hydroxyl groups is 1. The molecule has 0 aliphatic carbocycles. The summed E-state index contributed by atoms with van der Waals surface area (Å²) < 4.78 is 5.64. The SMILES string of the molecule is CCCOc1ccc(C2C(=C(O)c3cc(Cl)ccc3O)C(=O)C(=O)N2CCCN(C)C)cc1. The minimum Gasteiger partial charge on any atom is -0.507 e. The molecule has 176 valence electrons. The van der Waals surface area contributed by atoms with Crippen molar-refractivity contribution in [3.8, 4) is 11.5 Å². The molecule has 2 N–H and O–H groups in total. The Kier molecular flexibility index (Phi) is 8.00. The van der Waals surface area contributed by atoms with Gasteiger partial charge in [0.1, 0.15) is 17.3 Å². The van der Waals surface area contributed by atoms with E-state index in [0.29, 0.717) is 30.9 Å². The van der Waals surface area contributed by atoms with Crippen LogP contribution in [0.1, 0.15) is 36.9 Å². The monoisotopic (exact) mass is 472 g/mol. The van der Waals surface area contributed by atoms with E-state index in [2.05, 4.69) is 0 Å². The molecule has 1 unspecified atom stereocenters. The summed E-state index contributed by atoms with van der Waals surface area (Å²) in [5.41, 5.74) is 0.581. The Bertz CT molecular complexity index is 1050. The highest BCUT2D eigenvalue weighted by Crippen LogP contribution is 2.41. The molecule has 0 radical (unpaired) electrons. The Labute approximate surface area is 198 Å². The number of hydrogen-bond donors (Lipinski definition) is 2. The maximum Gasteiger partial charge on any atom is 0.295 e. The molecule has 1 aliphatic heterocycles. The summed E-state index contributed by atoms with van der Waals surface area (Å²) >= 11 is 6.05. The molecule has 33 heavy (non-hydrogen) atoms. The Morgan fingerprint density at radius 1 is 1.15 bits per heavy atom. The highest BCUT2D eigenvalue weighted by atomic mass is 35.5. The Balaban J connectivity index is 2.08. The molecule has 2 aromatic rings. The van der Waals surface area contributed by atoms with E-state index in [9.17, 15) is 19.8 Å². The van der Waals surface area contributed by atoms with E-state index in [1.54, 1.807) is 24.3 Å². The normalized spacial score (nSPS) is 17.7. The fourth-order valence-corrected chi connectivity index (χ4v) is 4.00.